The summed E-state index contributed by atoms with van der Waals surface area (Å²) in [6.45, 7) is 3.88. The lowest BCUT2D eigenvalue weighted by molar-refractivity contribution is 0.0659. The zero-order valence-corrected chi connectivity index (χ0v) is 13.4. The molecule has 2 aromatic heterocycles. The summed E-state index contributed by atoms with van der Waals surface area (Å²) in [6.07, 6.45) is 5.06. The summed E-state index contributed by atoms with van der Waals surface area (Å²) in [7, 11) is 0. The Hall–Kier alpha value is -2.20. The lowest BCUT2D eigenvalue weighted by Crippen LogP contribution is -2.19. The molecule has 0 bridgehead atoms. The van der Waals surface area contributed by atoms with Crippen LogP contribution in [-0.4, -0.2) is 27.7 Å². The lowest BCUT2D eigenvalue weighted by atomic mass is 9.96. The second kappa shape index (κ2) is 6.13. The molecule has 118 valence electrons. The lowest BCUT2D eigenvalue weighted by Gasteiger charge is -2.22. The predicted octanol–water partition coefficient (Wildman–Crippen LogP) is 3.70. The van der Waals surface area contributed by atoms with E-state index in [1.165, 1.54) is 11.3 Å². The summed E-state index contributed by atoms with van der Waals surface area (Å²) in [4.78, 5) is 9.47. The first-order chi connectivity index (χ1) is 11.3. The maximum absolute atomic E-state index is 5.49. The number of rotatable bonds is 3. The van der Waals surface area contributed by atoms with E-state index in [0.29, 0.717) is 5.92 Å². The van der Waals surface area contributed by atoms with Crippen LogP contribution in [0, 0.1) is 12.8 Å². The molecule has 4 heteroatoms. The van der Waals surface area contributed by atoms with Gasteiger partial charge in [0.1, 0.15) is 11.3 Å². The number of benzene rings is 1. The highest BCUT2D eigenvalue weighted by Gasteiger charge is 2.20. The highest BCUT2D eigenvalue weighted by Crippen LogP contribution is 2.26. The topological polar surface area (TPSA) is 39.9 Å². The van der Waals surface area contributed by atoms with Crippen LogP contribution >= 0.6 is 0 Å². The molecule has 0 atom stereocenters. The van der Waals surface area contributed by atoms with E-state index < -0.39 is 0 Å². The summed E-state index contributed by atoms with van der Waals surface area (Å²) < 4.78 is 7.73. The SMILES string of the molecule is Cc1ccccc1-n1c(CC2CCOCC2)nc2cccnc21. The minimum absolute atomic E-state index is 0.642. The molecule has 3 heterocycles. The second-order valence-electron chi connectivity index (χ2n) is 6.26. The molecular weight excluding hydrogens is 286 g/mol. The van der Waals surface area contributed by atoms with Crippen LogP contribution in [0.4, 0.5) is 0 Å². The van der Waals surface area contributed by atoms with E-state index in [-0.39, 0.29) is 0 Å². The Bertz CT molecular complexity index is 818. The standard InChI is InChI=1S/C19H21N3O/c1-14-5-2-3-7-17(14)22-18(13-15-8-11-23-12-9-15)21-16-6-4-10-20-19(16)22/h2-7,10,15H,8-9,11-13H2,1H3. The van der Waals surface area contributed by atoms with E-state index in [4.69, 9.17) is 9.72 Å². The number of hydrogen-bond donors (Lipinski definition) is 0. The third-order valence-electron chi connectivity index (χ3n) is 4.65. The number of aryl methyl sites for hydroxylation is 1. The average molecular weight is 307 g/mol. The average Bonchev–Trinajstić information content (AvgIpc) is 2.94. The Morgan fingerprint density at radius 2 is 1.96 bits per heavy atom. The Balaban J connectivity index is 1.83. The number of aromatic nitrogens is 3. The summed E-state index contributed by atoms with van der Waals surface area (Å²) >= 11 is 0. The normalized spacial score (nSPS) is 16.0. The van der Waals surface area contributed by atoms with Gasteiger partial charge in [0, 0.05) is 25.8 Å². The highest BCUT2D eigenvalue weighted by molar-refractivity contribution is 5.74. The number of ether oxygens (including phenoxy) is 1. The first kappa shape index (κ1) is 14.4. The third-order valence-corrected chi connectivity index (χ3v) is 4.65. The van der Waals surface area contributed by atoms with Gasteiger partial charge in [0.05, 0.1) is 5.69 Å². The van der Waals surface area contributed by atoms with Crippen LogP contribution in [-0.2, 0) is 11.2 Å². The molecule has 0 unspecified atom stereocenters. The largest absolute Gasteiger partial charge is 0.381 e. The fourth-order valence-electron chi connectivity index (χ4n) is 3.37. The molecule has 0 saturated carbocycles. The van der Waals surface area contributed by atoms with Gasteiger partial charge in [-0.2, -0.15) is 0 Å². The summed E-state index contributed by atoms with van der Waals surface area (Å²) in [5.74, 6) is 1.75. The zero-order valence-electron chi connectivity index (χ0n) is 13.4. The van der Waals surface area contributed by atoms with Crippen molar-refractivity contribution in [3.8, 4) is 5.69 Å². The van der Waals surface area contributed by atoms with Crippen molar-refractivity contribution in [2.45, 2.75) is 26.2 Å². The molecule has 4 rings (SSSR count). The van der Waals surface area contributed by atoms with Crippen LogP contribution in [0.3, 0.4) is 0 Å². The number of hydrogen-bond acceptors (Lipinski definition) is 3. The first-order valence-electron chi connectivity index (χ1n) is 8.29. The minimum Gasteiger partial charge on any atom is -0.381 e. The van der Waals surface area contributed by atoms with Gasteiger partial charge in [-0.05, 0) is 49.4 Å². The monoisotopic (exact) mass is 307 g/mol. The van der Waals surface area contributed by atoms with E-state index in [1.807, 2.05) is 18.3 Å². The fourth-order valence-corrected chi connectivity index (χ4v) is 3.37. The highest BCUT2D eigenvalue weighted by atomic mass is 16.5. The Morgan fingerprint density at radius 3 is 2.78 bits per heavy atom. The minimum atomic E-state index is 0.642. The smallest absolute Gasteiger partial charge is 0.164 e. The summed E-state index contributed by atoms with van der Waals surface area (Å²) in [5.41, 5.74) is 4.34. The molecule has 0 radical (unpaired) electrons. The van der Waals surface area contributed by atoms with Crippen molar-refractivity contribution in [1.29, 1.82) is 0 Å². The maximum atomic E-state index is 5.49. The number of para-hydroxylation sites is 1. The van der Waals surface area contributed by atoms with Gasteiger partial charge in [0.2, 0.25) is 0 Å². The van der Waals surface area contributed by atoms with Crippen LogP contribution in [0.2, 0.25) is 0 Å². The molecule has 4 nitrogen and oxygen atoms in total. The second-order valence-corrected chi connectivity index (χ2v) is 6.26. The Kier molecular flexibility index (Phi) is 3.83. The molecule has 1 fully saturated rings. The van der Waals surface area contributed by atoms with Gasteiger partial charge < -0.3 is 4.74 Å². The van der Waals surface area contributed by atoms with Crippen molar-refractivity contribution in [3.63, 3.8) is 0 Å². The van der Waals surface area contributed by atoms with Crippen LogP contribution < -0.4 is 0 Å². The van der Waals surface area contributed by atoms with E-state index in [1.54, 1.807) is 0 Å². The van der Waals surface area contributed by atoms with Gasteiger partial charge in [-0.25, -0.2) is 9.97 Å². The number of imidazole rings is 1. The van der Waals surface area contributed by atoms with Crippen LogP contribution in [0.25, 0.3) is 16.9 Å². The van der Waals surface area contributed by atoms with Crippen LogP contribution in [0.5, 0.6) is 0 Å². The molecule has 0 N–H and O–H groups in total. The van der Waals surface area contributed by atoms with Crippen molar-refractivity contribution in [3.05, 3.63) is 54.0 Å². The van der Waals surface area contributed by atoms with Gasteiger partial charge in [0.15, 0.2) is 5.65 Å². The molecule has 1 aliphatic rings. The number of nitrogens with zero attached hydrogens (tertiary/aromatic N) is 3. The molecule has 23 heavy (non-hydrogen) atoms. The van der Waals surface area contributed by atoms with Crippen LogP contribution in [0.15, 0.2) is 42.6 Å². The van der Waals surface area contributed by atoms with Crippen molar-refractivity contribution < 1.29 is 4.74 Å². The Labute approximate surface area is 136 Å². The molecule has 1 saturated heterocycles. The van der Waals surface area contributed by atoms with Gasteiger partial charge >= 0.3 is 0 Å². The number of fused-ring (bicyclic) bond motifs is 1. The predicted molar refractivity (Wildman–Crippen MR) is 90.8 cm³/mol. The summed E-state index contributed by atoms with van der Waals surface area (Å²) in [5, 5.41) is 0. The van der Waals surface area contributed by atoms with Crippen molar-refractivity contribution in [2.24, 2.45) is 5.92 Å². The zero-order chi connectivity index (χ0) is 15.6. The van der Waals surface area contributed by atoms with Gasteiger partial charge in [-0.1, -0.05) is 18.2 Å². The van der Waals surface area contributed by atoms with Gasteiger partial charge in [-0.3, -0.25) is 4.57 Å². The van der Waals surface area contributed by atoms with Gasteiger partial charge in [0.25, 0.3) is 0 Å². The van der Waals surface area contributed by atoms with Crippen molar-refractivity contribution in [2.75, 3.05) is 13.2 Å². The van der Waals surface area contributed by atoms with Crippen LogP contribution in [0.1, 0.15) is 24.2 Å². The Morgan fingerprint density at radius 1 is 1.13 bits per heavy atom. The molecule has 1 aromatic carbocycles. The number of pyridine rings is 1. The molecule has 0 amide bonds. The van der Waals surface area contributed by atoms with E-state index in [9.17, 15) is 0 Å². The fraction of sp³-hybridized carbons (Fsp3) is 0.368. The third kappa shape index (κ3) is 2.75. The van der Waals surface area contributed by atoms with Crippen molar-refractivity contribution in [1.82, 2.24) is 14.5 Å². The van der Waals surface area contributed by atoms with E-state index in [0.717, 1.165) is 49.5 Å². The van der Waals surface area contributed by atoms with E-state index in [2.05, 4.69) is 40.7 Å². The maximum Gasteiger partial charge on any atom is 0.164 e. The summed E-state index contributed by atoms with van der Waals surface area (Å²) in [6, 6.07) is 12.4. The first-order valence-corrected chi connectivity index (χ1v) is 8.29. The molecule has 0 aliphatic carbocycles. The van der Waals surface area contributed by atoms with Gasteiger partial charge in [-0.15, -0.1) is 0 Å². The molecule has 0 spiro atoms. The molecule has 3 aromatic rings. The quantitative estimate of drug-likeness (QED) is 0.741. The van der Waals surface area contributed by atoms with Crippen molar-refractivity contribution >= 4 is 11.2 Å². The van der Waals surface area contributed by atoms with E-state index >= 15 is 0 Å². The molecule has 1 aliphatic heterocycles. The molecular formula is C19H21N3O.